The third kappa shape index (κ3) is 2.48. The standard InChI is InChI=1S/C20H16N2O2/c1-24-9-8-13-6-7-18-15(10-13)12-19(21-18)16-11-14-4-2-3-5-17(14)22-20(16)23/h2-12,21H,1H3,(H,22,23)/b9-8+. The van der Waals surface area contributed by atoms with Crippen LogP contribution in [0.1, 0.15) is 5.56 Å². The molecule has 0 radical (unpaired) electrons. The van der Waals surface area contributed by atoms with E-state index in [0.717, 1.165) is 33.1 Å². The molecule has 2 heterocycles. The molecular formula is C20H16N2O2. The van der Waals surface area contributed by atoms with Gasteiger partial charge in [0, 0.05) is 16.4 Å². The van der Waals surface area contributed by atoms with E-state index in [1.807, 2.05) is 54.6 Å². The first-order chi connectivity index (χ1) is 11.7. The van der Waals surface area contributed by atoms with Gasteiger partial charge in [-0.1, -0.05) is 24.3 Å². The lowest BCUT2D eigenvalue weighted by Crippen LogP contribution is -2.08. The number of nitrogens with one attached hydrogen (secondary N) is 2. The van der Waals surface area contributed by atoms with Gasteiger partial charge in [0.1, 0.15) is 0 Å². The molecule has 24 heavy (non-hydrogen) atoms. The van der Waals surface area contributed by atoms with Gasteiger partial charge in [0.25, 0.3) is 5.56 Å². The number of H-pyrrole nitrogens is 2. The predicted octanol–water partition coefficient (Wildman–Crippen LogP) is 4.29. The van der Waals surface area contributed by atoms with Crippen LogP contribution in [0.25, 0.3) is 39.1 Å². The van der Waals surface area contributed by atoms with Gasteiger partial charge in [-0.3, -0.25) is 4.79 Å². The number of para-hydroxylation sites is 1. The molecule has 0 saturated heterocycles. The van der Waals surface area contributed by atoms with E-state index >= 15 is 0 Å². The normalized spacial score (nSPS) is 11.5. The lowest BCUT2D eigenvalue weighted by Gasteiger charge is -2.01. The molecule has 0 aliphatic rings. The van der Waals surface area contributed by atoms with Gasteiger partial charge in [0.2, 0.25) is 0 Å². The van der Waals surface area contributed by atoms with Crippen molar-refractivity contribution in [2.24, 2.45) is 0 Å². The number of fused-ring (bicyclic) bond motifs is 2. The highest BCUT2D eigenvalue weighted by atomic mass is 16.5. The summed E-state index contributed by atoms with van der Waals surface area (Å²) in [4.78, 5) is 18.7. The summed E-state index contributed by atoms with van der Waals surface area (Å²) in [5, 5.41) is 2.06. The summed E-state index contributed by atoms with van der Waals surface area (Å²) < 4.78 is 4.96. The fourth-order valence-corrected chi connectivity index (χ4v) is 2.89. The maximum atomic E-state index is 12.4. The molecule has 0 atom stereocenters. The van der Waals surface area contributed by atoms with E-state index in [2.05, 4.69) is 16.0 Å². The fourth-order valence-electron chi connectivity index (χ4n) is 2.89. The van der Waals surface area contributed by atoms with Gasteiger partial charge in [0.15, 0.2) is 0 Å². The van der Waals surface area contributed by atoms with Crippen LogP contribution in [-0.4, -0.2) is 17.1 Å². The Balaban J connectivity index is 1.85. The van der Waals surface area contributed by atoms with Crippen LogP contribution in [0.5, 0.6) is 0 Å². The van der Waals surface area contributed by atoms with Gasteiger partial charge in [-0.05, 0) is 47.4 Å². The Morgan fingerprint density at radius 3 is 2.62 bits per heavy atom. The second-order valence-corrected chi connectivity index (χ2v) is 5.67. The maximum absolute atomic E-state index is 12.4. The molecule has 0 fully saturated rings. The molecule has 0 bridgehead atoms. The number of ether oxygens (including phenoxy) is 1. The van der Waals surface area contributed by atoms with Crippen molar-refractivity contribution in [1.82, 2.24) is 9.97 Å². The van der Waals surface area contributed by atoms with Crippen molar-refractivity contribution in [2.75, 3.05) is 7.11 Å². The van der Waals surface area contributed by atoms with Crippen molar-refractivity contribution in [2.45, 2.75) is 0 Å². The zero-order valence-corrected chi connectivity index (χ0v) is 13.2. The molecule has 4 nitrogen and oxygen atoms in total. The maximum Gasteiger partial charge on any atom is 0.257 e. The Morgan fingerprint density at radius 2 is 1.75 bits per heavy atom. The fraction of sp³-hybridized carbons (Fsp3) is 0.0500. The molecule has 0 unspecified atom stereocenters. The van der Waals surface area contributed by atoms with Crippen molar-refractivity contribution in [1.29, 1.82) is 0 Å². The smallest absolute Gasteiger partial charge is 0.257 e. The summed E-state index contributed by atoms with van der Waals surface area (Å²) in [5.41, 5.74) is 4.23. The van der Waals surface area contributed by atoms with Crippen LogP contribution in [-0.2, 0) is 4.74 Å². The van der Waals surface area contributed by atoms with Crippen LogP contribution in [0.15, 0.2) is 65.7 Å². The van der Waals surface area contributed by atoms with Gasteiger partial charge in [-0.2, -0.15) is 0 Å². The number of rotatable bonds is 3. The lowest BCUT2D eigenvalue weighted by atomic mass is 10.1. The molecule has 4 aromatic rings. The molecule has 4 rings (SSSR count). The van der Waals surface area contributed by atoms with E-state index in [1.165, 1.54) is 0 Å². The van der Waals surface area contributed by atoms with Crippen LogP contribution in [0.2, 0.25) is 0 Å². The van der Waals surface area contributed by atoms with Gasteiger partial charge >= 0.3 is 0 Å². The summed E-state index contributed by atoms with van der Waals surface area (Å²) >= 11 is 0. The van der Waals surface area contributed by atoms with Crippen molar-refractivity contribution in [3.05, 3.63) is 76.8 Å². The molecular weight excluding hydrogens is 300 g/mol. The van der Waals surface area contributed by atoms with E-state index in [9.17, 15) is 4.79 Å². The minimum absolute atomic E-state index is 0.0974. The first kappa shape index (κ1) is 14.3. The van der Waals surface area contributed by atoms with E-state index < -0.39 is 0 Å². The monoisotopic (exact) mass is 316 g/mol. The highest BCUT2D eigenvalue weighted by Gasteiger charge is 2.09. The third-order valence-corrected chi connectivity index (χ3v) is 4.09. The largest absolute Gasteiger partial charge is 0.504 e. The van der Waals surface area contributed by atoms with Crippen LogP contribution in [0, 0.1) is 0 Å². The van der Waals surface area contributed by atoms with Crippen LogP contribution in [0.4, 0.5) is 0 Å². The number of hydrogen-bond acceptors (Lipinski definition) is 2. The van der Waals surface area contributed by atoms with Crippen molar-refractivity contribution < 1.29 is 4.74 Å². The van der Waals surface area contributed by atoms with Gasteiger partial charge in [-0.25, -0.2) is 0 Å². The second-order valence-electron chi connectivity index (χ2n) is 5.67. The lowest BCUT2D eigenvalue weighted by molar-refractivity contribution is 0.341. The Kier molecular flexibility index (Phi) is 3.43. The third-order valence-electron chi connectivity index (χ3n) is 4.09. The van der Waals surface area contributed by atoms with Crippen LogP contribution >= 0.6 is 0 Å². The highest BCUT2D eigenvalue weighted by Crippen LogP contribution is 2.25. The number of hydrogen-bond donors (Lipinski definition) is 2. The Bertz CT molecular complexity index is 1120. The van der Waals surface area contributed by atoms with E-state index in [1.54, 1.807) is 13.4 Å². The molecule has 2 N–H and O–H groups in total. The summed E-state index contributed by atoms with van der Waals surface area (Å²) in [6, 6.07) is 17.8. The number of methoxy groups -OCH3 is 1. The minimum Gasteiger partial charge on any atom is -0.504 e. The van der Waals surface area contributed by atoms with Gasteiger partial charge in [0.05, 0.1) is 24.6 Å². The Hall–Kier alpha value is -3.27. The molecule has 4 heteroatoms. The molecule has 118 valence electrons. The Morgan fingerprint density at radius 1 is 0.917 bits per heavy atom. The topological polar surface area (TPSA) is 57.9 Å². The van der Waals surface area contributed by atoms with E-state index in [4.69, 9.17) is 4.74 Å². The average Bonchev–Trinajstić information content (AvgIpc) is 3.02. The quantitative estimate of drug-likeness (QED) is 0.554. The molecule has 2 aromatic carbocycles. The number of aromatic amines is 2. The second kappa shape index (κ2) is 5.74. The van der Waals surface area contributed by atoms with Crippen molar-refractivity contribution >= 4 is 27.9 Å². The summed E-state index contributed by atoms with van der Waals surface area (Å²) in [7, 11) is 1.62. The number of pyridine rings is 1. The van der Waals surface area contributed by atoms with E-state index in [0.29, 0.717) is 5.56 Å². The van der Waals surface area contributed by atoms with Crippen LogP contribution < -0.4 is 5.56 Å². The first-order valence-corrected chi connectivity index (χ1v) is 7.69. The summed E-state index contributed by atoms with van der Waals surface area (Å²) in [5.74, 6) is 0. The molecule has 0 saturated carbocycles. The molecule has 0 aliphatic heterocycles. The van der Waals surface area contributed by atoms with Crippen LogP contribution in [0.3, 0.4) is 0 Å². The Labute approximate surface area is 138 Å². The molecule has 0 amide bonds. The van der Waals surface area contributed by atoms with Gasteiger partial charge < -0.3 is 14.7 Å². The highest BCUT2D eigenvalue weighted by molar-refractivity contribution is 5.89. The first-order valence-electron chi connectivity index (χ1n) is 7.69. The summed E-state index contributed by atoms with van der Waals surface area (Å²) in [6.07, 6.45) is 3.54. The average molecular weight is 316 g/mol. The van der Waals surface area contributed by atoms with Crippen molar-refractivity contribution in [3.8, 4) is 11.3 Å². The van der Waals surface area contributed by atoms with Crippen molar-refractivity contribution in [3.63, 3.8) is 0 Å². The zero-order chi connectivity index (χ0) is 16.5. The zero-order valence-electron chi connectivity index (χ0n) is 13.2. The molecule has 2 aromatic heterocycles. The number of benzene rings is 2. The number of aromatic nitrogens is 2. The van der Waals surface area contributed by atoms with Gasteiger partial charge in [-0.15, -0.1) is 0 Å². The molecule has 0 spiro atoms. The minimum atomic E-state index is -0.0974. The molecule has 0 aliphatic carbocycles. The summed E-state index contributed by atoms with van der Waals surface area (Å²) in [6.45, 7) is 0. The predicted molar refractivity (Wildman–Crippen MR) is 97.9 cm³/mol. The van der Waals surface area contributed by atoms with E-state index in [-0.39, 0.29) is 5.56 Å². The SMILES string of the molecule is CO/C=C/c1ccc2[nH]c(-c3cc4ccccc4[nH]c3=O)cc2c1.